The third kappa shape index (κ3) is 4.27. The molecule has 0 spiro atoms. The summed E-state index contributed by atoms with van der Waals surface area (Å²) < 4.78 is 52.5. The minimum atomic E-state index is -0.846. The molecule has 3 saturated heterocycles. The van der Waals surface area contributed by atoms with Gasteiger partial charge in [0.1, 0.15) is 12.2 Å². The molecule has 1 aliphatic carbocycles. The van der Waals surface area contributed by atoms with Crippen LogP contribution in [0.2, 0.25) is 0 Å². The molecule has 12 nitrogen and oxygen atoms in total. The number of hydrogen-bond acceptors (Lipinski definition) is 12. The monoisotopic (exact) mass is 586 g/mol. The second-order valence-electron chi connectivity index (χ2n) is 11.4. The van der Waals surface area contributed by atoms with Crippen LogP contribution in [0.4, 0.5) is 0 Å². The average Bonchev–Trinajstić information content (AvgIpc) is 3.61. The van der Waals surface area contributed by atoms with Gasteiger partial charge in [-0.2, -0.15) is 0 Å². The van der Waals surface area contributed by atoms with E-state index < -0.39 is 60.7 Å². The Balaban J connectivity index is 1.32. The Labute approximate surface area is 242 Å². The summed E-state index contributed by atoms with van der Waals surface area (Å²) in [6.07, 6.45) is -3.79. The van der Waals surface area contributed by atoms with Crippen molar-refractivity contribution in [3.63, 3.8) is 0 Å². The van der Waals surface area contributed by atoms with Gasteiger partial charge >= 0.3 is 5.97 Å². The van der Waals surface area contributed by atoms with Gasteiger partial charge in [-0.05, 0) is 47.9 Å². The Kier molecular flexibility index (Phi) is 6.86. The molecule has 3 fully saturated rings. The van der Waals surface area contributed by atoms with E-state index in [1.165, 1.54) is 14.2 Å². The van der Waals surface area contributed by atoms with Crippen LogP contribution in [0, 0.1) is 17.8 Å². The minimum Gasteiger partial charge on any atom is -0.502 e. The molecule has 0 aromatic heterocycles. The first-order chi connectivity index (χ1) is 20.3. The van der Waals surface area contributed by atoms with Gasteiger partial charge in [0.15, 0.2) is 35.6 Å². The number of methoxy groups -OCH3 is 2. The normalized spacial score (nSPS) is 36.5. The SMILES string of the molecule is COc1cc(C2c3cc4c(cc3C(O[C@@H]3O[C@@H]5CO[C@@H](C)O[C@H]5[C@H](O)[C@H]3C)C3COC(=O)C23)OCO4)cc(OC)c1O. The molecule has 2 N–H and O–H groups in total. The predicted octanol–water partition coefficient (Wildman–Crippen LogP) is 2.61. The number of fused-ring (bicyclic) bond motifs is 4. The minimum absolute atomic E-state index is 0.0701. The van der Waals surface area contributed by atoms with E-state index in [4.69, 9.17) is 42.6 Å². The Morgan fingerprint density at radius 3 is 2.29 bits per heavy atom. The molecule has 0 amide bonds. The van der Waals surface area contributed by atoms with Gasteiger partial charge in [0.25, 0.3) is 0 Å². The number of phenolic OH excluding ortho intramolecular Hbond substituents is 1. The van der Waals surface area contributed by atoms with Crippen LogP contribution in [0.5, 0.6) is 28.7 Å². The van der Waals surface area contributed by atoms with Crippen molar-refractivity contribution in [2.75, 3.05) is 34.2 Å². The van der Waals surface area contributed by atoms with Crippen molar-refractivity contribution in [1.82, 2.24) is 0 Å². The smallest absolute Gasteiger partial charge is 0.310 e. The summed E-state index contributed by atoms with van der Waals surface area (Å²) in [6, 6.07) is 7.15. The highest BCUT2D eigenvalue weighted by Crippen LogP contribution is 2.57. The third-order valence-corrected chi connectivity index (χ3v) is 9.09. The highest BCUT2D eigenvalue weighted by atomic mass is 16.7. The molecule has 0 radical (unpaired) electrons. The highest BCUT2D eigenvalue weighted by Gasteiger charge is 2.55. The Morgan fingerprint density at radius 1 is 0.905 bits per heavy atom. The zero-order chi connectivity index (χ0) is 29.3. The Hall–Kier alpha value is -3.29. The second kappa shape index (κ2) is 10.5. The number of phenols is 1. The van der Waals surface area contributed by atoms with Gasteiger partial charge in [0, 0.05) is 17.8 Å². The van der Waals surface area contributed by atoms with Gasteiger partial charge in [-0.1, -0.05) is 6.92 Å². The van der Waals surface area contributed by atoms with Crippen molar-refractivity contribution >= 4 is 5.97 Å². The standard InChI is InChI=1S/C30H34O12/c1-12-25(31)28-22(10-36-13(2)40-28)41-30(12)42-27-16-8-19-18(38-11-39-19)7-15(16)23(24-17(27)9-37-29(24)33)14-5-20(34-3)26(32)21(6-14)35-4/h5-8,12-13,17,22-25,27-28,30-32H,9-11H2,1-4H3/t12-,13-,17?,22-,23?,24?,25-,27?,28-,30+/m1/s1. The van der Waals surface area contributed by atoms with Gasteiger partial charge in [-0.25, -0.2) is 0 Å². The number of rotatable bonds is 5. The zero-order valence-electron chi connectivity index (χ0n) is 23.7. The van der Waals surface area contributed by atoms with E-state index in [9.17, 15) is 15.0 Å². The summed E-state index contributed by atoms with van der Waals surface area (Å²) in [6.45, 7) is 4.09. The van der Waals surface area contributed by atoms with Crippen LogP contribution in [-0.4, -0.2) is 81.3 Å². The Bertz CT molecular complexity index is 1350. The summed E-state index contributed by atoms with van der Waals surface area (Å²) >= 11 is 0. The fraction of sp³-hybridized carbons (Fsp3) is 0.567. The predicted molar refractivity (Wildman–Crippen MR) is 142 cm³/mol. The van der Waals surface area contributed by atoms with Crippen molar-refractivity contribution in [3.8, 4) is 28.7 Å². The number of ether oxygens (including phenoxy) is 9. The molecule has 4 heterocycles. The van der Waals surface area contributed by atoms with Gasteiger partial charge < -0.3 is 52.8 Å². The van der Waals surface area contributed by atoms with E-state index in [0.717, 1.165) is 11.1 Å². The van der Waals surface area contributed by atoms with Crippen LogP contribution in [0.1, 0.15) is 42.6 Å². The van der Waals surface area contributed by atoms with Crippen LogP contribution in [0.25, 0.3) is 0 Å². The van der Waals surface area contributed by atoms with E-state index in [-0.39, 0.29) is 43.2 Å². The second-order valence-corrected chi connectivity index (χ2v) is 11.4. The first-order valence-electron chi connectivity index (χ1n) is 14.1. The molecule has 2 aromatic carbocycles. The molecular weight excluding hydrogens is 552 g/mol. The number of aliphatic hydroxyl groups excluding tert-OH is 1. The van der Waals surface area contributed by atoms with Gasteiger partial charge in [0.05, 0.1) is 45.6 Å². The van der Waals surface area contributed by atoms with Crippen molar-refractivity contribution in [2.45, 2.75) is 56.8 Å². The summed E-state index contributed by atoms with van der Waals surface area (Å²) in [4.78, 5) is 13.4. The highest BCUT2D eigenvalue weighted by molar-refractivity contribution is 5.79. The lowest BCUT2D eigenvalue weighted by Crippen LogP contribution is -2.60. The van der Waals surface area contributed by atoms with E-state index >= 15 is 0 Å². The molecule has 0 saturated carbocycles. The summed E-state index contributed by atoms with van der Waals surface area (Å²) in [5.74, 6) is -0.938. The van der Waals surface area contributed by atoms with Gasteiger partial charge in [-0.3, -0.25) is 4.79 Å². The fourth-order valence-electron chi connectivity index (χ4n) is 6.93. The van der Waals surface area contributed by atoms with E-state index in [1.54, 1.807) is 19.1 Å². The lowest BCUT2D eigenvalue weighted by Gasteiger charge is -2.48. The van der Waals surface area contributed by atoms with Gasteiger partial charge in [0.2, 0.25) is 12.5 Å². The number of cyclic esters (lactones) is 1. The molecule has 5 aliphatic rings. The lowest BCUT2D eigenvalue weighted by molar-refractivity contribution is -0.354. The average molecular weight is 587 g/mol. The van der Waals surface area contributed by atoms with Gasteiger partial charge in [-0.15, -0.1) is 0 Å². The number of aromatic hydroxyl groups is 1. The largest absolute Gasteiger partial charge is 0.502 e. The summed E-state index contributed by atoms with van der Waals surface area (Å²) in [7, 11) is 2.91. The molecule has 42 heavy (non-hydrogen) atoms. The molecule has 226 valence electrons. The van der Waals surface area contributed by atoms with Crippen molar-refractivity contribution in [3.05, 3.63) is 41.0 Å². The number of benzene rings is 2. The summed E-state index contributed by atoms with van der Waals surface area (Å²) in [5.41, 5.74) is 2.26. The number of carbonyl (C=O) groups is 1. The first kappa shape index (κ1) is 27.5. The topological polar surface area (TPSA) is 141 Å². The number of aliphatic hydroxyl groups is 1. The lowest BCUT2D eigenvalue weighted by atomic mass is 9.66. The number of hydrogen-bond donors (Lipinski definition) is 2. The van der Waals surface area contributed by atoms with Crippen molar-refractivity contribution in [2.24, 2.45) is 17.8 Å². The quantitative estimate of drug-likeness (QED) is 0.498. The number of carbonyl (C=O) groups excluding carboxylic acids is 1. The van der Waals surface area contributed by atoms with E-state index in [1.807, 2.05) is 19.1 Å². The maximum absolute atomic E-state index is 13.4. The van der Waals surface area contributed by atoms with Crippen LogP contribution < -0.4 is 18.9 Å². The maximum atomic E-state index is 13.4. The molecule has 4 unspecified atom stereocenters. The van der Waals surface area contributed by atoms with E-state index in [2.05, 4.69) is 0 Å². The zero-order valence-corrected chi connectivity index (χ0v) is 23.7. The third-order valence-electron chi connectivity index (χ3n) is 9.09. The van der Waals surface area contributed by atoms with Crippen LogP contribution >= 0.6 is 0 Å². The molecule has 12 heteroatoms. The maximum Gasteiger partial charge on any atom is 0.310 e. The number of esters is 1. The van der Waals surface area contributed by atoms with Crippen LogP contribution in [0.15, 0.2) is 24.3 Å². The Morgan fingerprint density at radius 2 is 1.60 bits per heavy atom. The molecule has 7 rings (SSSR count). The van der Waals surface area contributed by atoms with Crippen LogP contribution in [0.3, 0.4) is 0 Å². The molecule has 10 atom stereocenters. The molecule has 2 aromatic rings. The van der Waals surface area contributed by atoms with E-state index in [0.29, 0.717) is 17.1 Å². The van der Waals surface area contributed by atoms with Crippen molar-refractivity contribution < 1.29 is 57.6 Å². The van der Waals surface area contributed by atoms with Crippen molar-refractivity contribution in [1.29, 1.82) is 0 Å². The first-order valence-corrected chi connectivity index (χ1v) is 14.1. The molecule has 4 aliphatic heterocycles. The molecular formula is C30H34O12. The molecule has 0 bridgehead atoms. The fourth-order valence-corrected chi connectivity index (χ4v) is 6.93. The summed E-state index contributed by atoms with van der Waals surface area (Å²) in [5, 5.41) is 21.7. The van der Waals surface area contributed by atoms with Crippen LogP contribution in [-0.2, 0) is 28.5 Å².